The number of hydrogen-bond donors (Lipinski definition) is 2. The smallest absolute Gasteiger partial charge is 0.287 e. The Morgan fingerprint density at radius 2 is 1.85 bits per heavy atom. The van der Waals surface area contributed by atoms with E-state index in [1.807, 2.05) is 31.2 Å². The molecule has 3 rings (SSSR count). The zero-order chi connectivity index (χ0) is 19.2. The van der Waals surface area contributed by atoms with Gasteiger partial charge in [0, 0.05) is 16.7 Å². The molecule has 0 aromatic heterocycles. The summed E-state index contributed by atoms with van der Waals surface area (Å²) in [5, 5.41) is 7.47. The first-order valence-electron chi connectivity index (χ1n) is 8.19. The van der Waals surface area contributed by atoms with Crippen LogP contribution in [0.2, 0.25) is 0 Å². The topological polar surface area (TPSA) is 100.0 Å². The van der Waals surface area contributed by atoms with Gasteiger partial charge in [-0.05, 0) is 31.2 Å². The fraction of sp³-hybridized carbons (Fsp3) is 0.100. The van der Waals surface area contributed by atoms with Crippen LogP contribution < -0.4 is 21.3 Å². The lowest BCUT2D eigenvalue weighted by Crippen LogP contribution is -2.34. The molecule has 1 aliphatic heterocycles. The molecule has 1 aliphatic rings. The van der Waals surface area contributed by atoms with Crippen molar-refractivity contribution in [3.05, 3.63) is 75.8 Å². The molecule has 2 aromatic carbocycles. The molecule has 1 heterocycles. The number of hydrogen-bond acceptors (Lipinski definition) is 4. The van der Waals surface area contributed by atoms with Crippen LogP contribution in [0, 0.1) is 6.92 Å². The number of hydrazone groups is 1. The monoisotopic (exact) mass is 360 g/mol. The Morgan fingerprint density at radius 1 is 1.11 bits per heavy atom. The van der Waals surface area contributed by atoms with Gasteiger partial charge < -0.3 is 5.32 Å². The number of rotatable bonds is 4. The van der Waals surface area contributed by atoms with Gasteiger partial charge in [0.25, 0.3) is 17.7 Å². The van der Waals surface area contributed by atoms with Crippen molar-refractivity contribution in [1.82, 2.24) is 10.7 Å². The summed E-state index contributed by atoms with van der Waals surface area (Å²) in [7, 11) is 0. The molecule has 0 radical (unpaired) electrons. The molecule has 0 aliphatic carbocycles. The van der Waals surface area contributed by atoms with Gasteiger partial charge in [-0.3, -0.25) is 14.4 Å². The number of amides is 3. The van der Waals surface area contributed by atoms with Gasteiger partial charge in [-0.15, -0.1) is 5.10 Å². The van der Waals surface area contributed by atoms with Crippen molar-refractivity contribution in [2.45, 2.75) is 6.92 Å². The Bertz CT molecular complexity index is 1090. The molecule has 0 spiro atoms. The average Bonchev–Trinajstić information content (AvgIpc) is 2.67. The summed E-state index contributed by atoms with van der Waals surface area (Å²) in [6, 6.07) is 14.1. The average molecular weight is 360 g/mol. The van der Waals surface area contributed by atoms with Crippen molar-refractivity contribution in [2.75, 3.05) is 6.54 Å². The lowest BCUT2D eigenvalue weighted by molar-refractivity contribution is -0.120. The molecule has 27 heavy (non-hydrogen) atoms. The summed E-state index contributed by atoms with van der Waals surface area (Å²) in [5.74, 6) is 1.08. The minimum atomic E-state index is -0.538. The molecule has 7 nitrogen and oxygen atoms in total. The van der Waals surface area contributed by atoms with Crippen LogP contribution in [0.4, 0.5) is 0 Å². The van der Waals surface area contributed by atoms with Crippen LogP contribution in [0.5, 0.6) is 0 Å². The van der Waals surface area contributed by atoms with Crippen LogP contribution in [0.25, 0.3) is 6.08 Å². The van der Waals surface area contributed by atoms with Gasteiger partial charge in [-0.25, -0.2) is 10.4 Å². The molecule has 134 valence electrons. The van der Waals surface area contributed by atoms with Crippen molar-refractivity contribution in [3.63, 3.8) is 0 Å². The first kappa shape index (κ1) is 18.0. The first-order valence-corrected chi connectivity index (χ1v) is 8.19. The van der Waals surface area contributed by atoms with Crippen LogP contribution in [-0.2, 0) is 9.59 Å². The number of carbonyl (C=O) groups is 3. The van der Waals surface area contributed by atoms with E-state index in [1.54, 1.807) is 30.3 Å². The van der Waals surface area contributed by atoms with Crippen LogP contribution in [-0.4, -0.2) is 30.1 Å². The highest BCUT2D eigenvalue weighted by atomic mass is 16.2. The van der Waals surface area contributed by atoms with Gasteiger partial charge in [-0.2, -0.15) is 0 Å². The van der Waals surface area contributed by atoms with Crippen molar-refractivity contribution >= 4 is 29.7 Å². The Hall–Kier alpha value is -3.83. The van der Waals surface area contributed by atoms with E-state index in [0.29, 0.717) is 10.9 Å². The number of benzene rings is 2. The van der Waals surface area contributed by atoms with E-state index in [0.717, 1.165) is 10.8 Å². The maximum Gasteiger partial charge on any atom is 0.287 e. The number of fused-ring (bicyclic) bond motifs is 1. The zero-order valence-corrected chi connectivity index (χ0v) is 14.5. The van der Waals surface area contributed by atoms with E-state index < -0.39 is 11.8 Å². The van der Waals surface area contributed by atoms with Crippen molar-refractivity contribution in [3.8, 4) is 0 Å². The zero-order valence-electron chi connectivity index (χ0n) is 14.5. The number of nitrogens with zero attached hydrogens (tertiary/aromatic N) is 2. The molecule has 0 saturated heterocycles. The largest absolute Gasteiger partial charge is 0.343 e. The van der Waals surface area contributed by atoms with Crippen LogP contribution >= 0.6 is 0 Å². The highest BCUT2D eigenvalue weighted by Crippen LogP contribution is 2.02. The van der Waals surface area contributed by atoms with Gasteiger partial charge in [0.1, 0.15) is 5.57 Å². The van der Waals surface area contributed by atoms with Gasteiger partial charge >= 0.3 is 0 Å². The molecule has 2 aromatic rings. The van der Waals surface area contributed by atoms with E-state index in [4.69, 9.17) is 0 Å². The molecule has 3 amide bonds. The molecular weight excluding hydrogens is 344 g/mol. The fourth-order valence-corrected chi connectivity index (χ4v) is 2.34. The third-order valence-corrected chi connectivity index (χ3v) is 3.77. The predicted molar refractivity (Wildman–Crippen MR) is 99.3 cm³/mol. The van der Waals surface area contributed by atoms with Gasteiger partial charge in [0.15, 0.2) is 0 Å². The number of carbonyl (C=O) groups excluding carboxylic acids is 3. The molecule has 0 saturated carbocycles. The van der Waals surface area contributed by atoms with Crippen molar-refractivity contribution in [2.24, 2.45) is 10.1 Å². The molecule has 0 bridgehead atoms. The van der Waals surface area contributed by atoms with Gasteiger partial charge in [0.2, 0.25) is 0 Å². The standard InChI is InChI=1S/C20H16N4O3/c1-13-6-8-14(9-7-13)19(26)21-12-18(25)24-22-11-16-10-15-4-2-3-5-17(15)23-20(16)27/h2-10H,12H2,1H3,(H,21,26)(H,24,25). The quantitative estimate of drug-likeness (QED) is 0.456. The normalized spacial score (nSPS) is 12.0. The molecule has 7 heteroatoms. The van der Waals surface area contributed by atoms with Crippen LogP contribution in [0.15, 0.2) is 64.2 Å². The number of aryl methyl sites for hydroxylation is 1. The summed E-state index contributed by atoms with van der Waals surface area (Å²) in [5.41, 5.74) is 3.85. The summed E-state index contributed by atoms with van der Waals surface area (Å²) in [6.07, 6.45) is 1.60. The maximum atomic E-state index is 11.9. The predicted octanol–water partition coefficient (Wildman–Crippen LogP) is -0.00738. The van der Waals surface area contributed by atoms with Gasteiger partial charge in [0.05, 0.1) is 11.9 Å². The summed E-state index contributed by atoms with van der Waals surface area (Å²) < 4.78 is 0. The Balaban J connectivity index is 1.59. The summed E-state index contributed by atoms with van der Waals surface area (Å²) >= 11 is 0. The number of para-hydroxylation sites is 1. The summed E-state index contributed by atoms with van der Waals surface area (Å²) in [6.45, 7) is 1.67. The SMILES string of the molecule is Cc1ccc(C(=O)NCC(=O)NN=C=C2C=c3ccccc3=NC2=O)cc1. The van der Waals surface area contributed by atoms with E-state index in [2.05, 4.69) is 26.7 Å². The second-order valence-electron chi connectivity index (χ2n) is 5.84. The van der Waals surface area contributed by atoms with Crippen molar-refractivity contribution < 1.29 is 14.4 Å². The third kappa shape index (κ3) is 4.62. The Morgan fingerprint density at radius 3 is 2.63 bits per heavy atom. The molecule has 2 N–H and O–H groups in total. The maximum absolute atomic E-state index is 11.9. The fourth-order valence-electron chi connectivity index (χ4n) is 2.34. The molecule has 0 unspecified atom stereocenters. The second-order valence-corrected chi connectivity index (χ2v) is 5.84. The Kier molecular flexibility index (Phi) is 5.35. The minimum Gasteiger partial charge on any atom is -0.343 e. The number of nitrogens with one attached hydrogen (secondary N) is 2. The summed E-state index contributed by atoms with van der Waals surface area (Å²) in [4.78, 5) is 39.5. The molecule has 0 atom stereocenters. The highest BCUT2D eigenvalue weighted by molar-refractivity contribution is 6.10. The van der Waals surface area contributed by atoms with Gasteiger partial charge in [-0.1, -0.05) is 35.9 Å². The van der Waals surface area contributed by atoms with E-state index in [-0.39, 0.29) is 18.0 Å². The highest BCUT2D eigenvalue weighted by Gasteiger charge is 2.10. The lowest BCUT2D eigenvalue weighted by Gasteiger charge is -2.04. The second kappa shape index (κ2) is 8.03. The molecule has 0 fully saturated rings. The van der Waals surface area contributed by atoms with Crippen LogP contribution in [0.3, 0.4) is 0 Å². The van der Waals surface area contributed by atoms with E-state index in [9.17, 15) is 14.4 Å². The lowest BCUT2D eigenvalue weighted by atomic mass is 10.1. The van der Waals surface area contributed by atoms with E-state index >= 15 is 0 Å². The van der Waals surface area contributed by atoms with E-state index in [1.165, 1.54) is 0 Å². The molecular formula is C20H16N4O3. The first-order chi connectivity index (χ1) is 13.0. The Labute approximate surface area is 154 Å². The van der Waals surface area contributed by atoms with Crippen LogP contribution in [0.1, 0.15) is 15.9 Å². The third-order valence-electron chi connectivity index (χ3n) is 3.77. The minimum absolute atomic E-state index is 0.137. The van der Waals surface area contributed by atoms with Crippen molar-refractivity contribution in [1.29, 1.82) is 0 Å².